The number of aliphatic carboxylic acids is 2. The van der Waals surface area contributed by atoms with Gasteiger partial charge < -0.3 is 104 Å². The molecule has 1 aromatic rings. The predicted octanol–water partition coefficient (Wildman–Crippen LogP) is -6.38. The Morgan fingerprint density at radius 2 is 0.957 bits per heavy atom. The van der Waals surface area contributed by atoms with Gasteiger partial charge in [0, 0.05) is 52.9 Å². The van der Waals surface area contributed by atoms with E-state index in [1.165, 1.54) is 0 Å². The summed E-state index contributed by atoms with van der Waals surface area (Å²) in [6, 6.07) is 1.57. The number of nitrogens with zero attached hydrogens (tertiary/aromatic N) is 2. The molecule has 2 aliphatic rings. The van der Waals surface area contributed by atoms with Crippen LogP contribution in [0.2, 0.25) is 0 Å². The number of carboxylic acid groups (broad SMARTS) is 2. The number of benzene rings is 1. The summed E-state index contributed by atoms with van der Waals surface area (Å²) < 4.78 is 21.5. The van der Waals surface area contributed by atoms with Crippen LogP contribution in [0.25, 0.3) is 0 Å². The van der Waals surface area contributed by atoms with E-state index in [0.29, 0.717) is 11.1 Å². The first-order valence-corrected chi connectivity index (χ1v) is 21.1. The molecule has 6 amide bonds. The molecule has 0 radical (unpaired) electrons. The minimum absolute atomic E-state index is 0.0631. The van der Waals surface area contributed by atoms with E-state index in [1.54, 1.807) is 24.3 Å². The van der Waals surface area contributed by atoms with Crippen LogP contribution in [0.4, 0.5) is 9.59 Å². The van der Waals surface area contributed by atoms with Gasteiger partial charge in [0.05, 0.1) is 37.4 Å². The van der Waals surface area contributed by atoms with Gasteiger partial charge in [-0.2, -0.15) is 0 Å². The number of carbonyl (C=O) groups is 8. The van der Waals surface area contributed by atoms with Gasteiger partial charge in [0.15, 0.2) is 36.3 Å². The number of rotatable bonds is 24. The van der Waals surface area contributed by atoms with E-state index in [1.807, 2.05) is 0 Å². The van der Waals surface area contributed by atoms with Crippen molar-refractivity contribution >= 4 is 59.7 Å². The van der Waals surface area contributed by atoms with E-state index in [0.717, 1.165) is 26.0 Å². The summed E-state index contributed by atoms with van der Waals surface area (Å²) >= 11 is 0. The standard InChI is InChI=1S/C40H58N12O18/c1-17(55)49-29-21(51-37(41)42)11-25(35(61)62)67-33(29)31(23(57)15-53)69-39(65)45-9-7-27(59)47-13-19-3-5-20(6-4-19)14-48-28(60)8-10-46-40(66)70-32(24(58)16-54)34-30(50-18(2)56)22(52-38(43)44)12-26(68-34)36(63)64/h3-6,11-12,21-24,29-34,53-54,57-58H,7-10,13-16H2,1-2H3,(H,45,65)(H,46,66)(H,47,59)(H,48,60)(H,49,55)(H,50,56)(H,61,62)(H,63,64)(H4,41,42,51)(H4,43,44,52). The van der Waals surface area contributed by atoms with Crippen molar-refractivity contribution in [3.63, 3.8) is 0 Å². The Morgan fingerprint density at radius 3 is 1.24 bits per heavy atom. The highest BCUT2D eigenvalue weighted by molar-refractivity contribution is 5.86. The molecule has 10 atom stereocenters. The van der Waals surface area contributed by atoms with Gasteiger partial charge in [0.2, 0.25) is 35.1 Å². The number of guanidine groups is 2. The maximum atomic E-state index is 12.8. The minimum Gasteiger partial charge on any atom is -0.477 e. The van der Waals surface area contributed by atoms with Crippen molar-refractivity contribution in [1.82, 2.24) is 31.9 Å². The molecule has 30 nitrogen and oxygen atoms in total. The first kappa shape index (κ1) is 56.4. The zero-order valence-electron chi connectivity index (χ0n) is 37.7. The van der Waals surface area contributed by atoms with Crippen LogP contribution in [0, 0.1) is 0 Å². The van der Waals surface area contributed by atoms with Gasteiger partial charge in [-0.15, -0.1) is 0 Å². The predicted molar refractivity (Wildman–Crippen MR) is 238 cm³/mol. The van der Waals surface area contributed by atoms with Crippen LogP contribution in [0.3, 0.4) is 0 Å². The number of nitrogens with two attached hydrogens (primary N) is 4. The summed E-state index contributed by atoms with van der Waals surface area (Å²) in [7, 11) is 0. The Labute approximate surface area is 397 Å². The Balaban J connectivity index is 1.47. The van der Waals surface area contributed by atoms with Crippen LogP contribution in [-0.4, -0.2) is 177 Å². The molecule has 0 saturated heterocycles. The van der Waals surface area contributed by atoms with Gasteiger partial charge in [0.1, 0.15) is 12.2 Å². The molecule has 2 heterocycles. The van der Waals surface area contributed by atoms with Crippen LogP contribution in [0.5, 0.6) is 0 Å². The van der Waals surface area contributed by atoms with Crippen LogP contribution in [0.15, 0.2) is 57.9 Å². The third-order valence-corrected chi connectivity index (χ3v) is 9.88. The molecule has 1 aromatic carbocycles. The average Bonchev–Trinajstić information content (AvgIpc) is 3.28. The smallest absolute Gasteiger partial charge is 0.407 e. The summed E-state index contributed by atoms with van der Waals surface area (Å²) in [5.41, 5.74) is 23.2. The van der Waals surface area contributed by atoms with E-state index < -0.39 is 145 Å². The largest absolute Gasteiger partial charge is 0.477 e. The number of aliphatic imine (C=N–C) groups is 2. The molecule has 386 valence electrons. The molecule has 20 N–H and O–H groups in total. The Bertz CT molecular complexity index is 2020. The van der Waals surface area contributed by atoms with Crippen LogP contribution in [-0.2, 0) is 60.8 Å². The van der Waals surface area contributed by atoms with Crippen LogP contribution in [0.1, 0.15) is 37.8 Å². The van der Waals surface area contributed by atoms with Gasteiger partial charge in [-0.25, -0.2) is 29.2 Å². The number of aliphatic hydroxyl groups excluding tert-OH is 4. The molecule has 0 spiro atoms. The molecule has 10 unspecified atom stereocenters. The molecule has 2 aliphatic heterocycles. The lowest BCUT2D eigenvalue weighted by Crippen LogP contribution is -2.61. The van der Waals surface area contributed by atoms with Gasteiger partial charge in [-0.1, -0.05) is 24.3 Å². The van der Waals surface area contributed by atoms with E-state index in [-0.39, 0.29) is 39.0 Å². The van der Waals surface area contributed by atoms with Crippen molar-refractivity contribution in [3.05, 3.63) is 59.1 Å². The van der Waals surface area contributed by atoms with E-state index in [2.05, 4.69) is 41.9 Å². The number of aliphatic hydroxyl groups is 4. The first-order valence-electron chi connectivity index (χ1n) is 21.1. The number of hydrogen-bond acceptors (Lipinski definition) is 18. The second-order valence-electron chi connectivity index (χ2n) is 15.3. The quantitative estimate of drug-likeness (QED) is 0.0338. The molecule has 0 aliphatic carbocycles. The SMILES string of the molecule is CC(=O)NC1C(N=C(N)N)C=C(C(=O)O)OC1C(OC(=O)NCCC(=O)NCc1ccc(CNC(=O)CCNC(=O)OC(C(O)CO)C2OC(C(=O)O)=CC(N=C(N)N)C2NC(C)=O)cc1)C(O)CO. The zero-order chi connectivity index (χ0) is 52.2. The highest BCUT2D eigenvalue weighted by Crippen LogP contribution is 2.28. The summed E-state index contributed by atoms with van der Waals surface area (Å²) in [5.74, 6) is -7.84. The molecule has 0 aromatic heterocycles. The lowest BCUT2D eigenvalue weighted by atomic mass is 9.92. The minimum atomic E-state index is -1.86. The summed E-state index contributed by atoms with van der Waals surface area (Å²) in [6.07, 6.45) is -11.5. The molecule has 0 bridgehead atoms. The summed E-state index contributed by atoms with van der Waals surface area (Å²) in [4.78, 5) is 106. The Hall–Kier alpha value is -7.96. The topological polar surface area (TPSA) is 496 Å². The maximum absolute atomic E-state index is 12.8. The lowest BCUT2D eigenvalue weighted by Gasteiger charge is -2.39. The monoisotopic (exact) mass is 994 g/mol. The number of carboxylic acids is 2. The van der Waals surface area contributed by atoms with Crippen molar-refractivity contribution < 1.29 is 87.9 Å². The molecule has 0 saturated carbocycles. The highest BCUT2D eigenvalue weighted by atomic mass is 16.6. The molecule has 30 heteroatoms. The Morgan fingerprint density at radius 1 is 0.614 bits per heavy atom. The zero-order valence-corrected chi connectivity index (χ0v) is 37.7. The van der Waals surface area contributed by atoms with E-state index in [9.17, 15) is 69.0 Å². The average molecular weight is 995 g/mol. The fourth-order valence-electron chi connectivity index (χ4n) is 6.77. The van der Waals surface area contributed by atoms with E-state index in [4.69, 9.17) is 41.9 Å². The molecule has 0 fully saturated rings. The maximum Gasteiger partial charge on any atom is 0.407 e. The van der Waals surface area contributed by atoms with Gasteiger partial charge in [-0.05, 0) is 23.3 Å². The van der Waals surface area contributed by atoms with Crippen LogP contribution >= 0.6 is 0 Å². The summed E-state index contributed by atoms with van der Waals surface area (Å²) in [5, 5.41) is 74.6. The number of amides is 6. The van der Waals surface area contributed by atoms with Gasteiger partial charge in [0.25, 0.3) is 0 Å². The molecule has 3 rings (SSSR count). The van der Waals surface area contributed by atoms with E-state index >= 15 is 0 Å². The van der Waals surface area contributed by atoms with Crippen molar-refractivity contribution in [2.75, 3.05) is 26.3 Å². The van der Waals surface area contributed by atoms with Gasteiger partial charge >= 0.3 is 24.1 Å². The van der Waals surface area contributed by atoms with Crippen LogP contribution < -0.4 is 54.8 Å². The highest BCUT2D eigenvalue weighted by Gasteiger charge is 2.48. The second kappa shape index (κ2) is 27.1. The third-order valence-electron chi connectivity index (χ3n) is 9.88. The Kier molecular flexibility index (Phi) is 21.9. The number of ether oxygens (including phenoxy) is 4. The fraction of sp³-hybridized carbons (Fsp3) is 0.500. The second-order valence-corrected chi connectivity index (χ2v) is 15.3. The van der Waals surface area contributed by atoms with Crippen molar-refractivity contribution in [2.24, 2.45) is 32.9 Å². The molecular formula is C40H58N12O18. The molecule has 70 heavy (non-hydrogen) atoms. The third kappa shape index (κ3) is 17.9. The van der Waals surface area contributed by atoms with Gasteiger partial charge in [-0.3, -0.25) is 19.2 Å². The number of carbonyl (C=O) groups excluding carboxylic acids is 6. The number of hydrogen-bond donors (Lipinski definition) is 16. The number of alkyl carbamates (subject to hydrolysis) is 2. The molecular weight excluding hydrogens is 937 g/mol. The first-order chi connectivity index (χ1) is 33.0. The number of nitrogens with one attached hydrogen (secondary N) is 6. The summed E-state index contributed by atoms with van der Waals surface area (Å²) in [6.45, 7) is -0.171. The normalized spacial score (nSPS) is 21.0. The lowest BCUT2D eigenvalue weighted by molar-refractivity contribution is -0.147. The van der Waals surface area contributed by atoms with Crippen molar-refractivity contribution in [2.45, 2.75) is 101 Å². The van der Waals surface area contributed by atoms with Crippen molar-refractivity contribution in [3.8, 4) is 0 Å². The van der Waals surface area contributed by atoms with Crippen molar-refractivity contribution in [1.29, 1.82) is 0 Å². The fourth-order valence-corrected chi connectivity index (χ4v) is 6.77.